The number of carbonyl (C=O) groups excluding carboxylic acids is 1. The summed E-state index contributed by atoms with van der Waals surface area (Å²) in [6.07, 6.45) is 2.43. The average Bonchev–Trinajstić information content (AvgIpc) is 3.23. The molecule has 2 heterocycles. The van der Waals surface area contributed by atoms with Crippen molar-refractivity contribution in [2.24, 2.45) is 0 Å². The number of carboxylic acid groups (broad SMARTS) is 1. The van der Waals surface area contributed by atoms with E-state index in [0.717, 1.165) is 28.5 Å². The minimum atomic E-state index is -3.50. The Hall–Kier alpha value is -3.41. The fourth-order valence-corrected chi connectivity index (χ4v) is 5.80. The smallest absolute Gasteiger partial charge is 0.290 e. The summed E-state index contributed by atoms with van der Waals surface area (Å²) in [5, 5.41) is 24.8. The number of hydrogen-bond acceptors (Lipinski definition) is 6. The van der Waals surface area contributed by atoms with Gasteiger partial charge in [0.15, 0.2) is 0 Å². The van der Waals surface area contributed by atoms with Crippen LogP contribution < -0.4 is 14.9 Å². The molecular formula is C27H36N4O6S. The molecule has 4 N–H and O–H groups in total. The normalized spacial score (nSPS) is 15.6. The standard InChI is InChI=1S/C26H34N4O4S.CH2O2/c1-4-19-17-30-11-12-35(33,34)29(3)23-15-20(14-21(19)25(23)30)26(32)28-22(24(31)16-27-5-2)13-18-9-7-6-8-10-18;2-1-3/h6-10,14-15,17,22,24,27,31H,4-5,11-13,16H2,1-3H3,(H,28,32);1H,(H,2,3)/t22-,24+;/m0./s1. The number of anilines is 1. The molecule has 0 aliphatic carbocycles. The Labute approximate surface area is 223 Å². The zero-order valence-corrected chi connectivity index (χ0v) is 22.7. The molecule has 0 unspecified atom stereocenters. The molecule has 2 atom stereocenters. The molecule has 3 aromatic rings. The van der Waals surface area contributed by atoms with Crippen LogP contribution in [0.1, 0.15) is 35.3 Å². The molecule has 38 heavy (non-hydrogen) atoms. The van der Waals surface area contributed by atoms with Crippen LogP contribution in [0, 0.1) is 0 Å². The van der Waals surface area contributed by atoms with Crippen LogP contribution >= 0.6 is 0 Å². The van der Waals surface area contributed by atoms with Crippen LogP contribution in [0.2, 0.25) is 0 Å². The van der Waals surface area contributed by atoms with Crippen LogP contribution in [0.15, 0.2) is 48.7 Å². The van der Waals surface area contributed by atoms with Crippen molar-refractivity contribution in [3.05, 3.63) is 65.4 Å². The molecule has 0 bridgehead atoms. The molecule has 0 fully saturated rings. The number of carbonyl (C=O) groups is 2. The maximum absolute atomic E-state index is 13.5. The Kier molecular flexibility index (Phi) is 9.90. The molecule has 0 saturated carbocycles. The molecule has 1 aliphatic heterocycles. The van der Waals surface area contributed by atoms with Crippen LogP contribution in [-0.4, -0.2) is 73.6 Å². The van der Waals surface area contributed by atoms with E-state index in [1.165, 1.54) is 4.31 Å². The predicted molar refractivity (Wildman–Crippen MR) is 148 cm³/mol. The molecule has 2 aromatic carbocycles. The van der Waals surface area contributed by atoms with Gasteiger partial charge in [-0.15, -0.1) is 0 Å². The highest BCUT2D eigenvalue weighted by Crippen LogP contribution is 2.35. The van der Waals surface area contributed by atoms with Gasteiger partial charge in [-0.3, -0.25) is 13.9 Å². The fourth-order valence-electron chi connectivity index (χ4n) is 4.66. The van der Waals surface area contributed by atoms with E-state index in [-0.39, 0.29) is 18.1 Å². The molecule has 1 amide bonds. The summed E-state index contributed by atoms with van der Waals surface area (Å²) in [7, 11) is -1.96. The first kappa shape index (κ1) is 29.2. The highest BCUT2D eigenvalue weighted by atomic mass is 32.2. The maximum Gasteiger partial charge on any atom is 0.290 e. The summed E-state index contributed by atoms with van der Waals surface area (Å²) in [4.78, 5) is 21.9. The van der Waals surface area contributed by atoms with Crippen molar-refractivity contribution in [1.29, 1.82) is 0 Å². The van der Waals surface area contributed by atoms with Gasteiger partial charge in [0.05, 0.1) is 29.1 Å². The number of amides is 1. The average molecular weight is 545 g/mol. The van der Waals surface area contributed by atoms with E-state index in [9.17, 15) is 18.3 Å². The van der Waals surface area contributed by atoms with E-state index in [2.05, 4.69) is 10.6 Å². The van der Waals surface area contributed by atoms with Crippen LogP contribution in [0.5, 0.6) is 0 Å². The van der Waals surface area contributed by atoms with Crippen molar-refractivity contribution in [2.45, 2.75) is 45.4 Å². The lowest BCUT2D eigenvalue weighted by atomic mass is 10.00. The molecule has 0 spiro atoms. The summed E-state index contributed by atoms with van der Waals surface area (Å²) in [5.41, 5.74) is 3.77. The third-order valence-corrected chi connectivity index (χ3v) is 8.44. The van der Waals surface area contributed by atoms with E-state index in [0.29, 0.717) is 37.3 Å². The molecule has 4 rings (SSSR count). The van der Waals surface area contributed by atoms with Gasteiger partial charge in [-0.2, -0.15) is 0 Å². The number of nitrogens with one attached hydrogen (secondary N) is 2. The van der Waals surface area contributed by atoms with Crippen molar-refractivity contribution < 1.29 is 28.2 Å². The van der Waals surface area contributed by atoms with Gasteiger partial charge in [0.1, 0.15) is 0 Å². The van der Waals surface area contributed by atoms with Crippen molar-refractivity contribution >= 4 is 39.0 Å². The number of aryl methyl sites for hydroxylation is 2. The minimum Gasteiger partial charge on any atom is -0.483 e. The molecule has 206 valence electrons. The van der Waals surface area contributed by atoms with Crippen LogP contribution in [0.25, 0.3) is 10.9 Å². The number of aliphatic hydroxyl groups is 1. The number of aromatic nitrogens is 1. The summed E-state index contributed by atoms with van der Waals surface area (Å²) < 4.78 is 28.8. The Morgan fingerprint density at radius 1 is 1.18 bits per heavy atom. The molecule has 0 radical (unpaired) electrons. The number of hydrogen-bond donors (Lipinski definition) is 4. The largest absolute Gasteiger partial charge is 0.483 e. The molecular weight excluding hydrogens is 508 g/mol. The van der Waals surface area contributed by atoms with Gasteiger partial charge in [0, 0.05) is 37.3 Å². The monoisotopic (exact) mass is 544 g/mol. The Morgan fingerprint density at radius 3 is 2.50 bits per heavy atom. The molecule has 11 heteroatoms. The molecule has 0 saturated heterocycles. The van der Waals surface area contributed by atoms with Crippen molar-refractivity contribution in [3.8, 4) is 0 Å². The first-order valence-corrected chi connectivity index (χ1v) is 14.2. The molecule has 1 aliphatic rings. The third-order valence-electron chi connectivity index (χ3n) is 6.71. The van der Waals surface area contributed by atoms with Gasteiger partial charge in [-0.05, 0) is 42.6 Å². The van der Waals surface area contributed by atoms with Gasteiger partial charge < -0.3 is 25.4 Å². The van der Waals surface area contributed by atoms with Gasteiger partial charge in [0.25, 0.3) is 12.4 Å². The summed E-state index contributed by atoms with van der Waals surface area (Å²) >= 11 is 0. The predicted octanol–water partition coefficient (Wildman–Crippen LogP) is 2.00. The van der Waals surface area contributed by atoms with Gasteiger partial charge in [-0.25, -0.2) is 8.42 Å². The second-order valence-corrected chi connectivity index (χ2v) is 11.2. The Morgan fingerprint density at radius 2 is 1.87 bits per heavy atom. The first-order valence-electron chi connectivity index (χ1n) is 12.6. The van der Waals surface area contributed by atoms with E-state index < -0.39 is 22.2 Å². The van der Waals surface area contributed by atoms with Gasteiger partial charge in [-0.1, -0.05) is 44.2 Å². The van der Waals surface area contributed by atoms with Gasteiger partial charge >= 0.3 is 0 Å². The number of benzene rings is 2. The number of nitrogens with zero attached hydrogens (tertiary/aromatic N) is 2. The molecule has 10 nitrogen and oxygen atoms in total. The number of likely N-dealkylation sites (N-methyl/N-ethyl adjacent to an activating group) is 1. The quantitative estimate of drug-likeness (QED) is 0.302. The SMILES string of the molecule is CCNC[C@@H](O)[C@H](Cc1ccccc1)NC(=O)c1cc2c3c(c1)c(CC)cn3CCS(=O)(=O)N2C.O=CO. The number of aliphatic hydroxyl groups excluding tert-OH is 1. The lowest BCUT2D eigenvalue weighted by Gasteiger charge is -2.25. The van der Waals surface area contributed by atoms with Crippen molar-refractivity contribution in [3.63, 3.8) is 0 Å². The van der Waals surface area contributed by atoms with Gasteiger partial charge in [0.2, 0.25) is 10.0 Å². The van der Waals surface area contributed by atoms with Crippen molar-refractivity contribution in [2.75, 3.05) is 30.2 Å². The van der Waals surface area contributed by atoms with E-state index >= 15 is 0 Å². The Balaban J connectivity index is 0.00000127. The van der Waals surface area contributed by atoms with Crippen LogP contribution in [0.4, 0.5) is 5.69 Å². The van der Waals surface area contributed by atoms with Crippen LogP contribution in [-0.2, 0) is 34.2 Å². The zero-order chi connectivity index (χ0) is 27.9. The number of rotatable bonds is 9. The fraction of sp³-hybridized carbons (Fsp3) is 0.407. The maximum atomic E-state index is 13.5. The highest BCUT2D eigenvalue weighted by Gasteiger charge is 2.29. The summed E-state index contributed by atoms with van der Waals surface area (Å²) in [6, 6.07) is 12.7. The number of sulfonamides is 1. The van der Waals surface area contributed by atoms with Crippen molar-refractivity contribution in [1.82, 2.24) is 15.2 Å². The van der Waals surface area contributed by atoms with E-state index in [1.807, 2.05) is 61.0 Å². The minimum absolute atomic E-state index is 0.00240. The molecule has 1 aromatic heterocycles. The second kappa shape index (κ2) is 12.9. The van der Waals surface area contributed by atoms with E-state index in [4.69, 9.17) is 9.90 Å². The van der Waals surface area contributed by atoms with Crippen LogP contribution in [0.3, 0.4) is 0 Å². The van der Waals surface area contributed by atoms with E-state index in [1.54, 1.807) is 13.1 Å². The lowest BCUT2D eigenvalue weighted by molar-refractivity contribution is -0.122. The Bertz CT molecular complexity index is 1360. The summed E-state index contributed by atoms with van der Waals surface area (Å²) in [6.45, 7) is 5.19. The third kappa shape index (κ3) is 6.53. The summed E-state index contributed by atoms with van der Waals surface area (Å²) in [5.74, 6) is -0.341. The highest BCUT2D eigenvalue weighted by molar-refractivity contribution is 7.92. The lowest BCUT2D eigenvalue weighted by Crippen LogP contribution is -2.48. The first-order chi connectivity index (χ1) is 18.2. The topological polar surface area (TPSA) is 141 Å². The zero-order valence-electron chi connectivity index (χ0n) is 21.9. The second-order valence-electron chi connectivity index (χ2n) is 9.13.